The van der Waals surface area contributed by atoms with Crippen LogP contribution in [0.3, 0.4) is 0 Å². The Morgan fingerprint density at radius 1 is 1.25 bits per heavy atom. The topological polar surface area (TPSA) is 88.1 Å². The Morgan fingerprint density at radius 3 is 2.50 bits per heavy atom. The molecule has 0 atom stereocenters. The number of carbonyl (C=O) groups excluding carboxylic acids is 1. The van der Waals surface area contributed by atoms with Crippen LogP contribution in [0.2, 0.25) is 0 Å². The maximum absolute atomic E-state index is 12.0. The summed E-state index contributed by atoms with van der Waals surface area (Å²) in [5.41, 5.74) is 7.73. The number of nitriles is 1. The molecule has 0 aromatic heterocycles. The van der Waals surface area contributed by atoms with Gasteiger partial charge in [0.05, 0.1) is 30.1 Å². The number of benzene rings is 2. The predicted molar refractivity (Wildman–Crippen MR) is 76.5 cm³/mol. The lowest BCUT2D eigenvalue weighted by atomic mass is 10.1. The number of nitrogen functional groups attached to an aromatic ring is 1. The lowest BCUT2D eigenvalue weighted by Gasteiger charge is -2.09. The maximum atomic E-state index is 12.0. The molecule has 0 unspecified atom stereocenters. The number of nitrogens with zero attached hydrogens (tertiary/aromatic N) is 1. The number of hydrogen-bond donors (Lipinski definition) is 2. The fourth-order valence-electron chi connectivity index (χ4n) is 1.67. The third-order valence-electron chi connectivity index (χ3n) is 2.78. The summed E-state index contributed by atoms with van der Waals surface area (Å²) >= 11 is 0. The zero-order valence-corrected chi connectivity index (χ0v) is 10.9. The van der Waals surface area contributed by atoms with E-state index < -0.39 is 0 Å². The third-order valence-corrected chi connectivity index (χ3v) is 2.78. The van der Waals surface area contributed by atoms with Gasteiger partial charge >= 0.3 is 0 Å². The molecule has 3 N–H and O–H groups in total. The van der Waals surface area contributed by atoms with Crippen LogP contribution in [0.15, 0.2) is 42.5 Å². The van der Waals surface area contributed by atoms with E-state index in [0.29, 0.717) is 28.3 Å². The molecule has 0 bridgehead atoms. The number of methoxy groups -OCH3 is 1. The van der Waals surface area contributed by atoms with E-state index in [1.54, 1.807) is 49.6 Å². The van der Waals surface area contributed by atoms with E-state index >= 15 is 0 Å². The van der Waals surface area contributed by atoms with E-state index in [2.05, 4.69) is 5.32 Å². The number of nitrogens with two attached hydrogens (primary N) is 1. The average molecular weight is 267 g/mol. The highest BCUT2D eigenvalue weighted by atomic mass is 16.5. The van der Waals surface area contributed by atoms with Gasteiger partial charge in [-0.25, -0.2) is 0 Å². The van der Waals surface area contributed by atoms with Crippen molar-refractivity contribution in [3.05, 3.63) is 53.6 Å². The molecule has 2 rings (SSSR count). The van der Waals surface area contributed by atoms with Crippen LogP contribution in [0.5, 0.6) is 5.75 Å². The molecule has 5 heteroatoms. The van der Waals surface area contributed by atoms with Gasteiger partial charge in [0, 0.05) is 11.6 Å². The van der Waals surface area contributed by atoms with E-state index in [9.17, 15) is 4.79 Å². The Bertz CT molecular complexity index is 673. The van der Waals surface area contributed by atoms with Crippen molar-refractivity contribution in [2.24, 2.45) is 0 Å². The Balaban J connectivity index is 2.17. The van der Waals surface area contributed by atoms with Crippen molar-refractivity contribution in [1.82, 2.24) is 0 Å². The van der Waals surface area contributed by atoms with Gasteiger partial charge in [0.15, 0.2) is 0 Å². The molecule has 0 saturated carbocycles. The fourth-order valence-corrected chi connectivity index (χ4v) is 1.67. The zero-order chi connectivity index (χ0) is 14.5. The summed E-state index contributed by atoms with van der Waals surface area (Å²) in [6, 6.07) is 13.4. The zero-order valence-electron chi connectivity index (χ0n) is 10.9. The Hall–Kier alpha value is -3.00. The van der Waals surface area contributed by atoms with Crippen LogP contribution in [0.4, 0.5) is 11.4 Å². The molecule has 0 fully saturated rings. The predicted octanol–water partition coefficient (Wildman–Crippen LogP) is 2.40. The molecule has 0 aliphatic carbocycles. The van der Waals surface area contributed by atoms with E-state index in [1.165, 1.54) is 0 Å². The SMILES string of the molecule is COc1ccc(NC(=O)c2ccc(C#N)cc2)c(N)c1. The molecule has 2 aromatic rings. The van der Waals surface area contributed by atoms with Crippen LogP contribution in [0.25, 0.3) is 0 Å². The molecule has 0 spiro atoms. The van der Waals surface area contributed by atoms with Gasteiger partial charge in [-0.2, -0.15) is 5.26 Å². The van der Waals surface area contributed by atoms with Crippen LogP contribution in [0.1, 0.15) is 15.9 Å². The molecule has 20 heavy (non-hydrogen) atoms. The van der Waals surface area contributed by atoms with Crippen LogP contribution in [0, 0.1) is 11.3 Å². The molecular formula is C15H13N3O2. The minimum absolute atomic E-state index is 0.286. The van der Waals surface area contributed by atoms with Gasteiger partial charge < -0.3 is 15.8 Å². The molecule has 100 valence electrons. The Morgan fingerprint density at radius 2 is 1.95 bits per heavy atom. The highest BCUT2D eigenvalue weighted by Crippen LogP contribution is 2.24. The first-order chi connectivity index (χ1) is 9.63. The minimum Gasteiger partial charge on any atom is -0.497 e. The largest absolute Gasteiger partial charge is 0.497 e. The second kappa shape index (κ2) is 5.76. The lowest BCUT2D eigenvalue weighted by Crippen LogP contribution is -2.13. The van der Waals surface area contributed by atoms with Gasteiger partial charge in [0.1, 0.15) is 5.75 Å². The molecule has 0 aliphatic heterocycles. The van der Waals surface area contributed by atoms with Gasteiger partial charge in [-0.1, -0.05) is 0 Å². The summed E-state index contributed by atoms with van der Waals surface area (Å²) < 4.78 is 5.04. The monoisotopic (exact) mass is 267 g/mol. The van der Waals surface area contributed by atoms with Crippen molar-refractivity contribution in [3.63, 3.8) is 0 Å². The Kier molecular flexibility index (Phi) is 3.87. The molecular weight excluding hydrogens is 254 g/mol. The van der Waals surface area contributed by atoms with E-state index in [-0.39, 0.29) is 5.91 Å². The first kappa shape index (κ1) is 13.4. The average Bonchev–Trinajstić information content (AvgIpc) is 2.49. The number of ether oxygens (including phenoxy) is 1. The van der Waals surface area contributed by atoms with Crippen LogP contribution >= 0.6 is 0 Å². The molecule has 2 aromatic carbocycles. The minimum atomic E-state index is -0.286. The van der Waals surface area contributed by atoms with Crippen molar-refractivity contribution in [1.29, 1.82) is 5.26 Å². The quantitative estimate of drug-likeness (QED) is 0.836. The smallest absolute Gasteiger partial charge is 0.255 e. The first-order valence-corrected chi connectivity index (χ1v) is 5.89. The Labute approximate surface area is 116 Å². The number of carbonyl (C=O) groups is 1. The van der Waals surface area contributed by atoms with Crippen LogP contribution in [-0.4, -0.2) is 13.0 Å². The van der Waals surface area contributed by atoms with Gasteiger partial charge in [0.2, 0.25) is 0 Å². The van der Waals surface area contributed by atoms with Crippen molar-refractivity contribution < 1.29 is 9.53 Å². The highest BCUT2D eigenvalue weighted by Gasteiger charge is 2.08. The van der Waals surface area contributed by atoms with Gasteiger partial charge in [-0.3, -0.25) is 4.79 Å². The van der Waals surface area contributed by atoms with Crippen molar-refractivity contribution >= 4 is 17.3 Å². The number of amides is 1. The molecule has 0 saturated heterocycles. The number of anilines is 2. The normalized spacial score (nSPS) is 9.60. The van der Waals surface area contributed by atoms with Gasteiger partial charge in [-0.15, -0.1) is 0 Å². The third kappa shape index (κ3) is 2.87. The summed E-state index contributed by atoms with van der Waals surface area (Å²) in [5, 5.41) is 11.4. The highest BCUT2D eigenvalue weighted by molar-refractivity contribution is 6.05. The van der Waals surface area contributed by atoms with Gasteiger partial charge in [-0.05, 0) is 36.4 Å². The van der Waals surface area contributed by atoms with E-state index in [4.69, 9.17) is 15.7 Å². The first-order valence-electron chi connectivity index (χ1n) is 5.89. The van der Waals surface area contributed by atoms with E-state index in [0.717, 1.165) is 0 Å². The van der Waals surface area contributed by atoms with Crippen molar-refractivity contribution in [3.8, 4) is 11.8 Å². The molecule has 0 aliphatic rings. The van der Waals surface area contributed by atoms with Crippen molar-refractivity contribution in [2.45, 2.75) is 0 Å². The fraction of sp³-hybridized carbons (Fsp3) is 0.0667. The molecule has 0 radical (unpaired) electrons. The standard InChI is InChI=1S/C15H13N3O2/c1-20-12-6-7-14(13(17)8-12)18-15(19)11-4-2-10(9-16)3-5-11/h2-8H,17H2,1H3,(H,18,19). The molecule has 0 heterocycles. The number of nitrogens with one attached hydrogen (secondary N) is 1. The lowest BCUT2D eigenvalue weighted by molar-refractivity contribution is 0.102. The summed E-state index contributed by atoms with van der Waals surface area (Å²) in [7, 11) is 1.55. The second-order valence-electron chi connectivity index (χ2n) is 4.10. The number of rotatable bonds is 3. The second-order valence-corrected chi connectivity index (χ2v) is 4.10. The van der Waals surface area contributed by atoms with Crippen molar-refractivity contribution in [2.75, 3.05) is 18.2 Å². The van der Waals surface area contributed by atoms with Crippen LogP contribution in [-0.2, 0) is 0 Å². The molecule has 5 nitrogen and oxygen atoms in total. The number of hydrogen-bond acceptors (Lipinski definition) is 4. The van der Waals surface area contributed by atoms with Crippen LogP contribution < -0.4 is 15.8 Å². The maximum Gasteiger partial charge on any atom is 0.255 e. The molecule has 1 amide bonds. The summed E-state index contributed by atoms with van der Waals surface area (Å²) in [6.45, 7) is 0. The summed E-state index contributed by atoms with van der Waals surface area (Å²) in [5.74, 6) is 0.338. The summed E-state index contributed by atoms with van der Waals surface area (Å²) in [6.07, 6.45) is 0. The van der Waals surface area contributed by atoms with E-state index in [1.807, 2.05) is 6.07 Å². The van der Waals surface area contributed by atoms with Gasteiger partial charge in [0.25, 0.3) is 5.91 Å². The summed E-state index contributed by atoms with van der Waals surface area (Å²) in [4.78, 5) is 12.0.